The zero-order chi connectivity index (χ0) is 16.0. The number of thioether (sulfide) groups is 1. The first-order chi connectivity index (χ1) is 11.2. The van der Waals surface area contributed by atoms with Gasteiger partial charge in [-0.2, -0.15) is 5.26 Å². The van der Waals surface area contributed by atoms with Crippen molar-refractivity contribution in [1.29, 1.82) is 5.26 Å². The standard InChI is InChI=1S/C15H9FN4OS2/c16-9-2-1-3-11-8(9)6-12(23-11)14(21)18-13-10(7-17)20-4-5-22-15(20)19-13/h1-3,6H,4-5H2,(H,18,21). The molecule has 0 atom stereocenters. The molecular formula is C15H9FN4OS2. The Kier molecular flexibility index (Phi) is 3.32. The first kappa shape index (κ1) is 14.2. The Bertz CT molecular complexity index is 985. The zero-order valence-electron chi connectivity index (χ0n) is 11.7. The number of rotatable bonds is 2. The molecule has 0 saturated heterocycles. The van der Waals surface area contributed by atoms with Crippen molar-refractivity contribution in [2.24, 2.45) is 0 Å². The number of aromatic nitrogens is 2. The normalized spacial score (nSPS) is 13.0. The number of halogens is 1. The number of carbonyl (C=O) groups is 1. The summed E-state index contributed by atoms with van der Waals surface area (Å²) in [7, 11) is 0. The smallest absolute Gasteiger partial charge is 0.267 e. The Morgan fingerprint density at radius 3 is 3.13 bits per heavy atom. The van der Waals surface area contributed by atoms with E-state index in [1.165, 1.54) is 23.5 Å². The highest BCUT2D eigenvalue weighted by Gasteiger charge is 2.23. The van der Waals surface area contributed by atoms with Crippen LogP contribution in [0.4, 0.5) is 10.2 Å². The highest BCUT2D eigenvalue weighted by Crippen LogP contribution is 2.31. The minimum Gasteiger partial charge on any atom is -0.308 e. The van der Waals surface area contributed by atoms with E-state index in [0.717, 1.165) is 10.9 Å². The van der Waals surface area contributed by atoms with Crippen LogP contribution in [0.25, 0.3) is 10.1 Å². The van der Waals surface area contributed by atoms with E-state index in [9.17, 15) is 14.4 Å². The van der Waals surface area contributed by atoms with Gasteiger partial charge in [-0.15, -0.1) is 11.3 Å². The van der Waals surface area contributed by atoms with Gasteiger partial charge < -0.3 is 9.88 Å². The van der Waals surface area contributed by atoms with Crippen molar-refractivity contribution in [1.82, 2.24) is 9.55 Å². The van der Waals surface area contributed by atoms with Crippen molar-refractivity contribution in [2.45, 2.75) is 11.7 Å². The van der Waals surface area contributed by atoms with Gasteiger partial charge in [0, 0.05) is 22.4 Å². The molecule has 0 radical (unpaired) electrons. The summed E-state index contributed by atoms with van der Waals surface area (Å²) in [5.74, 6) is 0.398. The molecule has 1 aliphatic rings. The number of fused-ring (bicyclic) bond motifs is 2. The highest BCUT2D eigenvalue weighted by atomic mass is 32.2. The molecule has 0 bridgehead atoms. The number of carbonyl (C=O) groups excluding carboxylic acids is 1. The van der Waals surface area contributed by atoms with Crippen LogP contribution in [0.5, 0.6) is 0 Å². The van der Waals surface area contributed by atoms with Crippen molar-refractivity contribution in [3.8, 4) is 6.07 Å². The van der Waals surface area contributed by atoms with Gasteiger partial charge in [0.2, 0.25) is 0 Å². The molecule has 1 amide bonds. The predicted molar refractivity (Wildman–Crippen MR) is 87.4 cm³/mol. The maximum atomic E-state index is 13.7. The summed E-state index contributed by atoms with van der Waals surface area (Å²) < 4.78 is 16.2. The Labute approximate surface area is 138 Å². The molecule has 2 aromatic heterocycles. The van der Waals surface area contributed by atoms with Crippen LogP contribution >= 0.6 is 23.1 Å². The molecule has 0 fully saturated rings. The maximum absolute atomic E-state index is 13.7. The van der Waals surface area contributed by atoms with Gasteiger partial charge in [-0.1, -0.05) is 17.8 Å². The SMILES string of the molecule is N#Cc1c(NC(=O)c2cc3c(F)cccc3s2)nc2n1CCS2. The maximum Gasteiger partial charge on any atom is 0.267 e. The third kappa shape index (κ3) is 2.29. The van der Waals surface area contributed by atoms with Gasteiger partial charge in [-0.25, -0.2) is 9.37 Å². The van der Waals surface area contributed by atoms with Gasteiger partial charge in [-0.3, -0.25) is 4.79 Å². The number of anilines is 1. The Hall–Kier alpha value is -2.37. The Morgan fingerprint density at radius 2 is 2.35 bits per heavy atom. The zero-order valence-corrected chi connectivity index (χ0v) is 13.3. The number of amides is 1. The molecule has 3 aromatic rings. The molecule has 5 nitrogen and oxygen atoms in total. The number of nitrogens with one attached hydrogen (secondary N) is 1. The second-order valence-electron chi connectivity index (χ2n) is 4.92. The van der Waals surface area contributed by atoms with Crippen LogP contribution in [0.3, 0.4) is 0 Å². The summed E-state index contributed by atoms with van der Waals surface area (Å²) in [6, 6.07) is 8.35. The summed E-state index contributed by atoms with van der Waals surface area (Å²) in [5, 5.41) is 13.1. The fourth-order valence-corrected chi connectivity index (χ4v) is 4.41. The van der Waals surface area contributed by atoms with Gasteiger partial charge in [-0.05, 0) is 18.2 Å². The quantitative estimate of drug-likeness (QED) is 0.773. The predicted octanol–water partition coefficient (Wildman–Crippen LogP) is 3.47. The number of nitriles is 1. The molecular weight excluding hydrogens is 335 g/mol. The van der Waals surface area contributed by atoms with Crippen LogP contribution < -0.4 is 5.32 Å². The van der Waals surface area contributed by atoms with Crippen LogP contribution in [0.2, 0.25) is 0 Å². The van der Waals surface area contributed by atoms with Crippen LogP contribution in [0, 0.1) is 17.1 Å². The fourth-order valence-electron chi connectivity index (χ4n) is 2.49. The summed E-state index contributed by atoms with van der Waals surface area (Å²) in [6.07, 6.45) is 0. The Morgan fingerprint density at radius 1 is 1.48 bits per heavy atom. The minimum atomic E-state index is -0.385. The van der Waals surface area contributed by atoms with E-state index in [1.807, 2.05) is 0 Å². The van der Waals surface area contributed by atoms with Crippen molar-refractivity contribution in [3.63, 3.8) is 0 Å². The van der Waals surface area contributed by atoms with Crippen LogP contribution in [0.1, 0.15) is 15.4 Å². The van der Waals surface area contributed by atoms with Gasteiger partial charge in [0.15, 0.2) is 16.7 Å². The van der Waals surface area contributed by atoms with Crippen molar-refractivity contribution < 1.29 is 9.18 Å². The first-order valence-corrected chi connectivity index (χ1v) is 8.60. The second kappa shape index (κ2) is 5.37. The molecule has 1 aliphatic heterocycles. The Balaban J connectivity index is 1.68. The molecule has 23 heavy (non-hydrogen) atoms. The molecule has 4 rings (SSSR count). The topological polar surface area (TPSA) is 70.7 Å². The number of nitrogens with zero attached hydrogens (tertiary/aromatic N) is 3. The first-order valence-electron chi connectivity index (χ1n) is 6.80. The van der Waals surface area contributed by atoms with Crippen LogP contribution in [-0.4, -0.2) is 21.2 Å². The molecule has 1 aromatic carbocycles. The second-order valence-corrected chi connectivity index (χ2v) is 7.07. The average molecular weight is 344 g/mol. The summed E-state index contributed by atoms with van der Waals surface area (Å²) >= 11 is 2.76. The molecule has 0 spiro atoms. The number of thiophene rings is 1. The van der Waals surface area contributed by atoms with Gasteiger partial charge in [0.1, 0.15) is 11.9 Å². The third-order valence-corrected chi connectivity index (χ3v) is 5.60. The highest BCUT2D eigenvalue weighted by molar-refractivity contribution is 7.99. The number of hydrogen-bond donors (Lipinski definition) is 1. The lowest BCUT2D eigenvalue weighted by Gasteiger charge is -2.01. The molecule has 0 unspecified atom stereocenters. The third-order valence-electron chi connectivity index (χ3n) is 3.55. The number of benzene rings is 1. The molecule has 3 heterocycles. The largest absolute Gasteiger partial charge is 0.308 e. The minimum absolute atomic E-state index is 0.262. The van der Waals surface area contributed by atoms with Crippen molar-refractivity contribution in [2.75, 3.05) is 11.1 Å². The molecule has 0 aliphatic carbocycles. The van der Waals surface area contributed by atoms with Gasteiger partial charge in [0.25, 0.3) is 5.91 Å². The number of hydrogen-bond acceptors (Lipinski definition) is 5. The van der Waals surface area contributed by atoms with Gasteiger partial charge >= 0.3 is 0 Å². The van der Waals surface area contributed by atoms with Crippen LogP contribution in [0.15, 0.2) is 29.4 Å². The van der Waals surface area contributed by atoms with Crippen molar-refractivity contribution in [3.05, 3.63) is 40.7 Å². The van der Waals surface area contributed by atoms with E-state index < -0.39 is 0 Å². The van der Waals surface area contributed by atoms with Gasteiger partial charge in [0.05, 0.1) is 4.88 Å². The monoisotopic (exact) mass is 344 g/mol. The lowest BCUT2D eigenvalue weighted by molar-refractivity contribution is 0.103. The summed E-state index contributed by atoms with van der Waals surface area (Å²) in [5.41, 5.74) is 0.352. The molecule has 0 saturated carbocycles. The van der Waals surface area contributed by atoms with E-state index in [2.05, 4.69) is 16.4 Å². The average Bonchev–Trinajstić information content (AvgIpc) is 3.20. The number of imidazole rings is 1. The lowest BCUT2D eigenvalue weighted by atomic mass is 10.2. The summed E-state index contributed by atoms with van der Waals surface area (Å²) in [4.78, 5) is 17.1. The summed E-state index contributed by atoms with van der Waals surface area (Å²) in [6.45, 7) is 0.708. The molecule has 8 heteroatoms. The van der Waals surface area contributed by atoms with E-state index in [4.69, 9.17) is 0 Å². The van der Waals surface area contributed by atoms with Crippen molar-refractivity contribution >= 4 is 44.9 Å². The van der Waals surface area contributed by atoms with Crippen LogP contribution in [-0.2, 0) is 6.54 Å². The molecule has 114 valence electrons. The van der Waals surface area contributed by atoms with E-state index in [-0.39, 0.29) is 17.5 Å². The van der Waals surface area contributed by atoms with E-state index in [1.54, 1.807) is 28.5 Å². The molecule has 1 N–H and O–H groups in total. The van der Waals surface area contributed by atoms with E-state index >= 15 is 0 Å². The van der Waals surface area contributed by atoms with E-state index in [0.29, 0.717) is 27.2 Å². The lowest BCUT2D eigenvalue weighted by Crippen LogP contribution is -2.12. The fraction of sp³-hybridized carbons (Fsp3) is 0.133.